The van der Waals surface area contributed by atoms with Crippen LogP contribution in [0.1, 0.15) is 13.8 Å². The number of alkyl halides is 1. The first kappa shape index (κ1) is 19.4. The van der Waals surface area contributed by atoms with Crippen LogP contribution in [-0.2, 0) is 0 Å². The van der Waals surface area contributed by atoms with Crippen molar-refractivity contribution in [2.24, 2.45) is 10.7 Å². The van der Waals surface area contributed by atoms with Crippen molar-refractivity contribution in [1.82, 2.24) is 10.5 Å². The number of nitrogens with one attached hydrogen (secondary N) is 1. The van der Waals surface area contributed by atoms with Gasteiger partial charge in [-0.15, -0.1) is 0 Å². The Balaban J connectivity index is 1.87. The molecule has 0 saturated carbocycles. The van der Waals surface area contributed by atoms with Crippen LogP contribution in [0.15, 0.2) is 64.3 Å². The number of aromatic nitrogens is 1. The fourth-order valence-corrected chi connectivity index (χ4v) is 2.50. The summed E-state index contributed by atoms with van der Waals surface area (Å²) in [5, 5.41) is 7.56. The Morgan fingerprint density at radius 2 is 1.96 bits per heavy atom. The number of nitrogens with zero attached hydrogens (tertiary/aromatic N) is 2. The van der Waals surface area contributed by atoms with Gasteiger partial charge in [-0.3, -0.25) is 5.73 Å². The number of fused-ring (bicyclic) bond motifs is 1. The molecule has 0 saturated heterocycles. The Morgan fingerprint density at radius 3 is 2.61 bits per heavy atom. The zero-order chi connectivity index (χ0) is 20.1. The largest absolute Gasteiger partial charge is 0.445 e. The number of halogens is 1. The smallest absolute Gasteiger partial charge is 0.302 e. The van der Waals surface area contributed by atoms with Crippen molar-refractivity contribution >= 4 is 17.0 Å². The quantitative estimate of drug-likeness (QED) is 0.299. The molecule has 8 heteroatoms. The fourth-order valence-electron chi connectivity index (χ4n) is 2.50. The summed E-state index contributed by atoms with van der Waals surface area (Å²) in [6.45, 7) is 3.01. The minimum Gasteiger partial charge on any atom is -0.445 e. The van der Waals surface area contributed by atoms with E-state index in [4.69, 9.17) is 19.7 Å². The maximum atomic E-state index is 13.4. The number of allylic oxidation sites excluding steroid dienone is 1. The lowest BCUT2D eigenvalue weighted by Gasteiger charge is -2.16. The monoisotopic (exact) mass is 384 g/mol. The van der Waals surface area contributed by atoms with Gasteiger partial charge in [0.2, 0.25) is 0 Å². The molecule has 1 aromatic heterocycles. The Hall–Kier alpha value is -3.39. The van der Waals surface area contributed by atoms with Gasteiger partial charge in [0.15, 0.2) is 5.58 Å². The van der Waals surface area contributed by atoms with E-state index in [0.29, 0.717) is 22.6 Å². The van der Waals surface area contributed by atoms with Crippen LogP contribution in [-0.4, -0.2) is 24.2 Å². The number of hydrogen-bond acceptors (Lipinski definition) is 6. The second-order valence-corrected chi connectivity index (χ2v) is 6.09. The topological polar surface area (TPSA) is 94.9 Å². The van der Waals surface area contributed by atoms with Crippen molar-refractivity contribution in [3.63, 3.8) is 0 Å². The lowest BCUT2D eigenvalue weighted by Crippen LogP contribution is -2.36. The number of ether oxygens (including phenoxy) is 2. The first-order chi connectivity index (χ1) is 13.4. The molecule has 7 nitrogen and oxygen atoms in total. The van der Waals surface area contributed by atoms with Crippen molar-refractivity contribution < 1.29 is 18.4 Å². The predicted octanol–water partition coefficient (Wildman–Crippen LogP) is 3.96. The summed E-state index contributed by atoms with van der Waals surface area (Å²) < 4.78 is 29.4. The molecule has 0 amide bonds. The molecule has 0 radical (unpaired) electrons. The molecule has 1 heterocycles. The third-order valence-electron chi connectivity index (χ3n) is 3.71. The van der Waals surface area contributed by atoms with E-state index in [9.17, 15) is 4.39 Å². The third-order valence-corrected chi connectivity index (χ3v) is 3.71. The molecule has 0 aliphatic heterocycles. The number of aliphatic imine (C=N–C) groups is 1. The van der Waals surface area contributed by atoms with Gasteiger partial charge < -0.3 is 19.3 Å². The Labute approximate surface area is 161 Å². The SMILES string of the molecule is C/C=C\NC(=NC)Oc1noc2ccc(-c3ccc(OC(C)(N)F)cc3)cc12. The van der Waals surface area contributed by atoms with Gasteiger partial charge in [0, 0.05) is 20.2 Å². The number of amidine groups is 1. The molecule has 0 aliphatic rings. The molecule has 3 aromatic rings. The van der Waals surface area contributed by atoms with Gasteiger partial charge in [0.05, 0.1) is 5.39 Å². The van der Waals surface area contributed by atoms with E-state index >= 15 is 0 Å². The zero-order valence-electron chi connectivity index (χ0n) is 15.8. The van der Waals surface area contributed by atoms with E-state index in [1.165, 1.54) is 0 Å². The lowest BCUT2D eigenvalue weighted by molar-refractivity contribution is -0.0379. The van der Waals surface area contributed by atoms with E-state index in [1.54, 1.807) is 31.4 Å². The minimum atomic E-state index is -2.23. The van der Waals surface area contributed by atoms with Crippen LogP contribution in [0.4, 0.5) is 4.39 Å². The Bertz CT molecular complexity index is 1000. The summed E-state index contributed by atoms with van der Waals surface area (Å²) in [6, 6.07) is 12.8. The normalized spacial score (nSPS) is 14.2. The molecule has 2 aromatic carbocycles. The van der Waals surface area contributed by atoms with Gasteiger partial charge in [-0.05, 0) is 47.5 Å². The Kier molecular flexibility index (Phi) is 5.60. The average Bonchev–Trinajstić information content (AvgIpc) is 3.06. The second-order valence-electron chi connectivity index (χ2n) is 6.09. The van der Waals surface area contributed by atoms with Gasteiger partial charge in [-0.1, -0.05) is 24.3 Å². The van der Waals surface area contributed by atoms with Crippen LogP contribution < -0.4 is 20.5 Å². The molecule has 146 valence electrons. The average molecular weight is 384 g/mol. The minimum absolute atomic E-state index is 0.288. The second kappa shape index (κ2) is 8.10. The van der Waals surface area contributed by atoms with E-state index in [1.807, 2.05) is 37.3 Å². The van der Waals surface area contributed by atoms with Crippen LogP contribution in [0.2, 0.25) is 0 Å². The zero-order valence-corrected chi connectivity index (χ0v) is 15.8. The van der Waals surface area contributed by atoms with Gasteiger partial charge in [0.25, 0.3) is 11.9 Å². The van der Waals surface area contributed by atoms with E-state index in [2.05, 4.69) is 15.5 Å². The van der Waals surface area contributed by atoms with E-state index < -0.39 is 5.98 Å². The fraction of sp³-hybridized carbons (Fsp3) is 0.200. The molecular formula is C20H21FN4O3. The van der Waals surface area contributed by atoms with Crippen LogP contribution in [0.3, 0.4) is 0 Å². The molecule has 0 spiro atoms. The van der Waals surface area contributed by atoms with E-state index in [-0.39, 0.29) is 6.02 Å². The molecule has 1 unspecified atom stereocenters. The number of hydrogen-bond donors (Lipinski definition) is 2. The molecule has 0 bridgehead atoms. The number of benzene rings is 2. The van der Waals surface area contributed by atoms with Gasteiger partial charge in [-0.25, -0.2) is 4.99 Å². The molecule has 3 N–H and O–H groups in total. The summed E-state index contributed by atoms with van der Waals surface area (Å²) in [6.07, 6.45) is 3.51. The highest BCUT2D eigenvalue weighted by Gasteiger charge is 2.18. The molecular weight excluding hydrogens is 363 g/mol. The summed E-state index contributed by atoms with van der Waals surface area (Å²) in [7, 11) is 1.60. The predicted molar refractivity (Wildman–Crippen MR) is 106 cm³/mol. The van der Waals surface area contributed by atoms with Crippen LogP contribution in [0, 0.1) is 0 Å². The van der Waals surface area contributed by atoms with Gasteiger partial charge >= 0.3 is 5.98 Å². The van der Waals surface area contributed by atoms with Gasteiger partial charge in [-0.2, -0.15) is 4.39 Å². The van der Waals surface area contributed by atoms with Gasteiger partial charge in [0.1, 0.15) is 5.75 Å². The summed E-state index contributed by atoms with van der Waals surface area (Å²) in [5.41, 5.74) is 7.61. The molecule has 0 aliphatic carbocycles. The number of rotatable bonds is 5. The van der Waals surface area contributed by atoms with Crippen LogP contribution in [0.5, 0.6) is 11.6 Å². The first-order valence-electron chi connectivity index (χ1n) is 8.58. The lowest BCUT2D eigenvalue weighted by atomic mass is 10.0. The molecule has 1 atom stereocenters. The molecule has 0 fully saturated rings. The summed E-state index contributed by atoms with van der Waals surface area (Å²) in [4.78, 5) is 4.02. The van der Waals surface area contributed by atoms with Crippen LogP contribution >= 0.6 is 0 Å². The molecule has 28 heavy (non-hydrogen) atoms. The highest BCUT2D eigenvalue weighted by molar-refractivity contribution is 5.89. The van der Waals surface area contributed by atoms with E-state index in [0.717, 1.165) is 18.1 Å². The Morgan fingerprint density at radius 1 is 1.25 bits per heavy atom. The highest BCUT2D eigenvalue weighted by Crippen LogP contribution is 2.31. The van der Waals surface area contributed by atoms with Crippen molar-refractivity contribution in [2.75, 3.05) is 7.05 Å². The van der Waals surface area contributed by atoms with Crippen molar-refractivity contribution in [1.29, 1.82) is 0 Å². The summed E-state index contributed by atoms with van der Waals surface area (Å²) >= 11 is 0. The van der Waals surface area contributed by atoms with Crippen molar-refractivity contribution in [3.05, 3.63) is 54.7 Å². The summed E-state index contributed by atoms with van der Waals surface area (Å²) in [5.74, 6) is -1.59. The first-order valence-corrected chi connectivity index (χ1v) is 8.58. The molecule has 3 rings (SSSR count). The van der Waals surface area contributed by atoms with Crippen LogP contribution in [0.25, 0.3) is 22.1 Å². The maximum absolute atomic E-state index is 13.4. The highest BCUT2D eigenvalue weighted by atomic mass is 19.2. The maximum Gasteiger partial charge on any atom is 0.302 e. The third kappa shape index (κ3) is 4.66. The van der Waals surface area contributed by atoms with Crippen molar-refractivity contribution in [3.8, 4) is 22.8 Å². The standard InChI is InChI=1S/C20H21FN4O3/c1-4-11-24-19(23-3)26-18-16-12-14(7-10-17(16)28-25-18)13-5-8-15(9-6-13)27-20(2,21)22/h4-12H,22H2,1-3H3,(H,23,24)/b11-4-. The van der Waals surface area contributed by atoms with Crippen molar-refractivity contribution in [2.45, 2.75) is 19.8 Å². The number of nitrogens with two attached hydrogens (primary N) is 1.